The van der Waals surface area contributed by atoms with Crippen molar-refractivity contribution in [1.82, 2.24) is 4.90 Å². The van der Waals surface area contributed by atoms with Gasteiger partial charge in [-0.2, -0.15) is 0 Å². The van der Waals surface area contributed by atoms with Gasteiger partial charge in [0, 0.05) is 49.9 Å². The molecule has 2 heterocycles. The molecule has 37 heavy (non-hydrogen) atoms. The number of carbonyl (C=O) groups excluding carboxylic acids is 2. The number of unbranched alkanes of at least 4 members (excludes halogenated alkanes) is 2. The standard InChI is InChI=1S/C30H43NO6/c1-3-4-5-9-24(33)18-25(36-20(2)32)14-12-22-17-23(19-31-16-7-11-28(31)34)29(35)30-26(22)15-13-21-8-6-10-27(21)37-30/h13,15,17,21,24-25,27,33,35H,3-12,14,16,18-19H2,1-2H3/t21-,24+,25-,27+/m1/s1. The fourth-order valence-electron chi connectivity index (χ4n) is 6.00. The molecule has 2 fully saturated rings. The summed E-state index contributed by atoms with van der Waals surface area (Å²) in [4.78, 5) is 25.9. The molecular weight excluding hydrogens is 470 g/mol. The van der Waals surface area contributed by atoms with Crippen LogP contribution in [0.15, 0.2) is 12.1 Å². The van der Waals surface area contributed by atoms with Crippen LogP contribution in [-0.2, 0) is 27.3 Å². The Kier molecular flexibility index (Phi) is 9.52. The van der Waals surface area contributed by atoms with Gasteiger partial charge < -0.3 is 24.6 Å². The summed E-state index contributed by atoms with van der Waals surface area (Å²) < 4.78 is 12.0. The lowest BCUT2D eigenvalue weighted by molar-refractivity contribution is -0.148. The topological polar surface area (TPSA) is 96.3 Å². The summed E-state index contributed by atoms with van der Waals surface area (Å²) in [6.45, 7) is 4.59. The number of esters is 1. The smallest absolute Gasteiger partial charge is 0.302 e. The van der Waals surface area contributed by atoms with E-state index in [0.717, 1.165) is 56.1 Å². The number of aliphatic hydroxyl groups excluding tert-OH is 1. The quantitative estimate of drug-likeness (QED) is 0.291. The number of phenols is 1. The minimum absolute atomic E-state index is 0.0481. The summed E-state index contributed by atoms with van der Waals surface area (Å²) in [5.41, 5.74) is 2.56. The zero-order chi connectivity index (χ0) is 26.4. The predicted molar refractivity (Wildman–Crippen MR) is 142 cm³/mol. The number of phenolic OH excluding ortho intramolecular Hbond substituents is 1. The van der Waals surface area contributed by atoms with Crippen LogP contribution in [0.2, 0.25) is 0 Å². The SMILES string of the molecule is CCCCC[C@H](O)C[C@@H](CCc1cc(CN2CCCC2=O)c(O)c2c1C=C[C@H]1CCC[C@@H]1O2)OC(C)=O. The van der Waals surface area contributed by atoms with Crippen molar-refractivity contribution >= 4 is 18.0 Å². The highest BCUT2D eigenvalue weighted by atomic mass is 16.5. The lowest BCUT2D eigenvalue weighted by Crippen LogP contribution is -2.25. The number of hydrogen-bond donors (Lipinski definition) is 2. The van der Waals surface area contributed by atoms with Crippen molar-refractivity contribution in [2.75, 3.05) is 6.54 Å². The molecule has 204 valence electrons. The molecule has 2 N–H and O–H groups in total. The first-order valence-corrected chi connectivity index (χ1v) is 14.2. The molecule has 1 aromatic carbocycles. The summed E-state index contributed by atoms with van der Waals surface area (Å²) in [5.74, 6) is 0.724. The van der Waals surface area contributed by atoms with Gasteiger partial charge in [0.1, 0.15) is 12.2 Å². The molecule has 0 unspecified atom stereocenters. The fraction of sp³-hybridized carbons (Fsp3) is 0.667. The second-order valence-electron chi connectivity index (χ2n) is 11.0. The Hall–Kier alpha value is -2.54. The normalized spacial score (nSPS) is 22.2. The van der Waals surface area contributed by atoms with Crippen molar-refractivity contribution < 1.29 is 29.3 Å². The van der Waals surface area contributed by atoms with Gasteiger partial charge in [0.25, 0.3) is 0 Å². The van der Waals surface area contributed by atoms with Crippen LogP contribution in [0.1, 0.15) is 101 Å². The maximum Gasteiger partial charge on any atom is 0.302 e. The van der Waals surface area contributed by atoms with E-state index in [4.69, 9.17) is 9.47 Å². The van der Waals surface area contributed by atoms with E-state index in [0.29, 0.717) is 62.4 Å². The first-order chi connectivity index (χ1) is 17.9. The lowest BCUT2D eigenvalue weighted by Gasteiger charge is -2.24. The highest BCUT2D eigenvalue weighted by Crippen LogP contribution is 2.44. The Balaban J connectivity index is 1.57. The largest absolute Gasteiger partial charge is 0.504 e. The highest BCUT2D eigenvalue weighted by molar-refractivity contribution is 5.78. The molecule has 3 aliphatic rings. The van der Waals surface area contributed by atoms with Gasteiger partial charge >= 0.3 is 5.97 Å². The second-order valence-corrected chi connectivity index (χ2v) is 11.0. The monoisotopic (exact) mass is 513 g/mol. The second kappa shape index (κ2) is 12.8. The molecule has 1 aliphatic carbocycles. The third-order valence-corrected chi connectivity index (χ3v) is 8.02. The lowest BCUT2D eigenvalue weighted by atomic mass is 9.94. The average Bonchev–Trinajstić information content (AvgIpc) is 3.43. The molecule has 4 rings (SSSR count). The van der Waals surface area contributed by atoms with Gasteiger partial charge in [-0.1, -0.05) is 38.3 Å². The van der Waals surface area contributed by atoms with E-state index >= 15 is 0 Å². The molecule has 2 aliphatic heterocycles. The van der Waals surface area contributed by atoms with Crippen LogP contribution < -0.4 is 4.74 Å². The summed E-state index contributed by atoms with van der Waals surface area (Å²) in [5, 5.41) is 21.8. The van der Waals surface area contributed by atoms with E-state index in [1.54, 1.807) is 4.90 Å². The Morgan fingerprint density at radius 1 is 1.22 bits per heavy atom. The number of amides is 1. The molecule has 4 atom stereocenters. The molecule has 1 aromatic rings. The van der Waals surface area contributed by atoms with Gasteiger partial charge in [-0.25, -0.2) is 0 Å². The first kappa shape index (κ1) is 27.5. The summed E-state index contributed by atoms with van der Waals surface area (Å²) in [6, 6.07) is 1.98. The van der Waals surface area contributed by atoms with Gasteiger partial charge in [-0.3, -0.25) is 9.59 Å². The number of hydrogen-bond acceptors (Lipinski definition) is 6. The van der Waals surface area contributed by atoms with Crippen molar-refractivity contribution in [3.05, 3.63) is 28.8 Å². The van der Waals surface area contributed by atoms with Crippen molar-refractivity contribution in [2.45, 2.75) is 116 Å². The van der Waals surface area contributed by atoms with E-state index < -0.39 is 12.2 Å². The predicted octanol–water partition coefficient (Wildman–Crippen LogP) is 5.28. The van der Waals surface area contributed by atoms with Crippen LogP contribution in [0.25, 0.3) is 6.08 Å². The van der Waals surface area contributed by atoms with Crippen LogP contribution >= 0.6 is 0 Å². The zero-order valence-corrected chi connectivity index (χ0v) is 22.4. The van der Waals surface area contributed by atoms with Gasteiger partial charge in [0.15, 0.2) is 11.5 Å². The van der Waals surface area contributed by atoms with E-state index in [-0.39, 0.29) is 23.7 Å². The number of aromatic hydroxyl groups is 1. The Morgan fingerprint density at radius 2 is 2.05 bits per heavy atom. The average molecular weight is 514 g/mol. The van der Waals surface area contributed by atoms with E-state index in [1.165, 1.54) is 6.92 Å². The number of aryl methyl sites for hydroxylation is 1. The molecular formula is C30H43NO6. The first-order valence-electron chi connectivity index (χ1n) is 14.2. The minimum Gasteiger partial charge on any atom is -0.504 e. The summed E-state index contributed by atoms with van der Waals surface area (Å²) in [7, 11) is 0. The molecule has 0 aromatic heterocycles. The van der Waals surface area contributed by atoms with Crippen LogP contribution in [0.3, 0.4) is 0 Å². The van der Waals surface area contributed by atoms with Gasteiger partial charge in [-0.15, -0.1) is 0 Å². The number of fused-ring (bicyclic) bond motifs is 2. The van der Waals surface area contributed by atoms with Gasteiger partial charge in [-0.05, 0) is 56.6 Å². The number of rotatable bonds is 12. The van der Waals surface area contributed by atoms with Crippen LogP contribution in [-0.4, -0.2) is 51.8 Å². The van der Waals surface area contributed by atoms with Gasteiger partial charge in [0.2, 0.25) is 5.91 Å². The van der Waals surface area contributed by atoms with Crippen molar-refractivity contribution in [1.29, 1.82) is 0 Å². The number of ether oxygens (including phenoxy) is 2. The van der Waals surface area contributed by atoms with E-state index in [9.17, 15) is 19.8 Å². The van der Waals surface area contributed by atoms with E-state index in [2.05, 4.69) is 19.1 Å². The third-order valence-electron chi connectivity index (χ3n) is 8.02. The molecule has 0 bridgehead atoms. The van der Waals surface area contributed by atoms with Crippen molar-refractivity contribution in [3.63, 3.8) is 0 Å². The summed E-state index contributed by atoms with van der Waals surface area (Å²) >= 11 is 0. The Labute approximate surface area is 220 Å². The maximum atomic E-state index is 12.3. The maximum absolute atomic E-state index is 12.3. The number of nitrogens with zero attached hydrogens (tertiary/aromatic N) is 1. The molecule has 7 heteroatoms. The molecule has 1 amide bonds. The number of likely N-dealkylation sites (tertiary alicyclic amines) is 1. The molecule has 0 spiro atoms. The fourth-order valence-corrected chi connectivity index (χ4v) is 6.00. The minimum atomic E-state index is -0.507. The van der Waals surface area contributed by atoms with E-state index in [1.807, 2.05) is 6.07 Å². The number of aliphatic hydroxyl groups is 1. The zero-order valence-electron chi connectivity index (χ0n) is 22.4. The number of carbonyl (C=O) groups is 2. The molecule has 0 radical (unpaired) electrons. The Morgan fingerprint density at radius 3 is 2.78 bits per heavy atom. The Bertz CT molecular complexity index is 989. The van der Waals surface area contributed by atoms with Crippen molar-refractivity contribution in [2.24, 2.45) is 5.92 Å². The van der Waals surface area contributed by atoms with Gasteiger partial charge in [0.05, 0.1) is 6.10 Å². The highest BCUT2D eigenvalue weighted by Gasteiger charge is 2.33. The van der Waals surface area contributed by atoms with Crippen LogP contribution in [0.4, 0.5) is 0 Å². The van der Waals surface area contributed by atoms with Crippen molar-refractivity contribution in [3.8, 4) is 11.5 Å². The number of benzene rings is 1. The molecule has 1 saturated carbocycles. The molecule has 7 nitrogen and oxygen atoms in total. The van der Waals surface area contributed by atoms with Crippen LogP contribution in [0, 0.1) is 5.92 Å². The van der Waals surface area contributed by atoms with Crippen LogP contribution in [0.5, 0.6) is 11.5 Å². The molecule has 1 saturated heterocycles. The summed E-state index contributed by atoms with van der Waals surface area (Å²) in [6.07, 6.45) is 13.4. The third kappa shape index (κ3) is 7.07.